The zero-order valence-corrected chi connectivity index (χ0v) is 15.8. The van der Waals surface area contributed by atoms with Crippen LogP contribution in [0.2, 0.25) is 0 Å². The van der Waals surface area contributed by atoms with E-state index in [-0.39, 0.29) is 0 Å². The summed E-state index contributed by atoms with van der Waals surface area (Å²) in [5, 5.41) is 0. The van der Waals surface area contributed by atoms with Gasteiger partial charge in [-0.1, -0.05) is 70.6 Å². The first-order chi connectivity index (χ1) is 11.8. The van der Waals surface area contributed by atoms with E-state index in [1.54, 1.807) is 0 Å². The number of hydrogen-bond donors (Lipinski definition) is 0. The number of benzene rings is 1. The average molecular weight is 333 g/mol. The molecular weight excluding hydrogens is 296 g/mol. The topological polar surface area (TPSA) is 18.5 Å². The summed E-state index contributed by atoms with van der Waals surface area (Å²) in [5.74, 6) is 0.901. The Bertz CT molecular complexity index is 422. The summed E-state index contributed by atoms with van der Waals surface area (Å²) in [5.41, 5.74) is 2.47. The molecule has 0 amide bonds. The predicted molar refractivity (Wildman–Crippen MR) is 105 cm³/mol. The van der Waals surface area contributed by atoms with Gasteiger partial charge in [0.15, 0.2) is 0 Å². The normalized spacial score (nSPS) is 10.8. The molecule has 2 nitrogen and oxygen atoms in total. The van der Waals surface area contributed by atoms with E-state index in [2.05, 4.69) is 25.6 Å². The smallest absolute Gasteiger partial charge is 0.119 e. The van der Waals surface area contributed by atoms with E-state index in [9.17, 15) is 0 Å². The van der Waals surface area contributed by atoms with E-state index >= 15 is 0 Å². The summed E-state index contributed by atoms with van der Waals surface area (Å²) >= 11 is 0. The molecule has 0 N–H and O–H groups in total. The minimum atomic E-state index is 0.604. The molecule has 0 saturated carbocycles. The molecule has 0 aromatic heterocycles. The molecule has 2 heteroatoms. The summed E-state index contributed by atoms with van der Waals surface area (Å²) in [4.78, 5) is 0. The third-order valence-corrected chi connectivity index (χ3v) is 4.30. The van der Waals surface area contributed by atoms with Crippen LogP contribution in [0.4, 0.5) is 0 Å². The Labute approximate surface area is 149 Å². The highest BCUT2D eigenvalue weighted by atomic mass is 16.5. The third kappa shape index (κ3) is 9.77. The van der Waals surface area contributed by atoms with Crippen molar-refractivity contribution >= 4 is 5.57 Å². The second-order valence-corrected chi connectivity index (χ2v) is 6.40. The molecule has 0 aliphatic heterocycles. The maximum Gasteiger partial charge on any atom is 0.119 e. The monoisotopic (exact) mass is 332 g/mol. The zero-order valence-electron chi connectivity index (χ0n) is 15.8. The molecule has 1 aromatic rings. The van der Waals surface area contributed by atoms with Crippen LogP contribution in [0, 0.1) is 0 Å². The lowest BCUT2D eigenvalue weighted by atomic mass is 10.00. The van der Waals surface area contributed by atoms with Crippen molar-refractivity contribution in [1.29, 1.82) is 0 Å². The summed E-state index contributed by atoms with van der Waals surface area (Å²) < 4.78 is 10.9. The van der Waals surface area contributed by atoms with Gasteiger partial charge in [0.05, 0.1) is 6.61 Å². The predicted octanol–water partition coefficient (Wildman–Crippen LogP) is 6.65. The summed E-state index contributed by atoms with van der Waals surface area (Å²) in [6, 6.07) is 8.28. The maximum absolute atomic E-state index is 5.64. The van der Waals surface area contributed by atoms with Crippen LogP contribution in [0.15, 0.2) is 30.8 Å². The van der Waals surface area contributed by atoms with E-state index in [0.29, 0.717) is 13.2 Å². The van der Waals surface area contributed by atoms with E-state index < -0.39 is 0 Å². The standard InChI is InChI=1S/C22H36O2/c1-4-6-7-8-9-10-11-12-13-20(3)21-14-16-22(17-15-21)24-19-18-23-5-2/h14-17H,3-13,18-19H2,1-2H3. The van der Waals surface area contributed by atoms with Gasteiger partial charge >= 0.3 is 0 Å². The van der Waals surface area contributed by atoms with Crippen LogP contribution in [0.5, 0.6) is 5.75 Å². The fourth-order valence-corrected chi connectivity index (χ4v) is 2.77. The van der Waals surface area contributed by atoms with Gasteiger partial charge in [0, 0.05) is 6.61 Å². The molecule has 0 bridgehead atoms. The van der Waals surface area contributed by atoms with Crippen LogP contribution in [-0.2, 0) is 4.74 Å². The number of allylic oxidation sites excluding steroid dienone is 1. The lowest BCUT2D eigenvalue weighted by Crippen LogP contribution is -2.06. The van der Waals surface area contributed by atoms with Crippen LogP contribution in [0.3, 0.4) is 0 Å². The highest BCUT2D eigenvalue weighted by Gasteiger charge is 2.01. The Morgan fingerprint density at radius 2 is 1.46 bits per heavy atom. The van der Waals surface area contributed by atoms with Gasteiger partial charge in [0.25, 0.3) is 0 Å². The van der Waals surface area contributed by atoms with Crippen molar-refractivity contribution in [3.63, 3.8) is 0 Å². The van der Waals surface area contributed by atoms with Crippen molar-refractivity contribution < 1.29 is 9.47 Å². The van der Waals surface area contributed by atoms with Crippen molar-refractivity contribution in [3.05, 3.63) is 36.4 Å². The lowest BCUT2D eigenvalue weighted by molar-refractivity contribution is 0.110. The molecular formula is C22H36O2. The fraction of sp³-hybridized carbons (Fsp3) is 0.636. The fourth-order valence-electron chi connectivity index (χ4n) is 2.77. The van der Waals surface area contributed by atoms with E-state index in [1.165, 1.54) is 62.5 Å². The Hall–Kier alpha value is -1.28. The largest absolute Gasteiger partial charge is 0.491 e. The van der Waals surface area contributed by atoms with Crippen molar-refractivity contribution in [3.8, 4) is 5.75 Å². The quantitative estimate of drug-likeness (QED) is 0.335. The number of rotatable bonds is 15. The van der Waals surface area contributed by atoms with Crippen LogP contribution >= 0.6 is 0 Å². The molecule has 0 aliphatic rings. The number of unbranched alkanes of at least 4 members (excludes halogenated alkanes) is 7. The van der Waals surface area contributed by atoms with Gasteiger partial charge in [-0.3, -0.25) is 0 Å². The van der Waals surface area contributed by atoms with Crippen molar-refractivity contribution in [2.45, 2.75) is 71.6 Å². The molecule has 0 heterocycles. The van der Waals surface area contributed by atoms with E-state index in [1.807, 2.05) is 19.1 Å². The minimum Gasteiger partial charge on any atom is -0.491 e. The van der Waals surface area contributed by atoms with E-state index in [0.717, 1.165) is 18.8 Å². The van der Waals surface area contributed by atoms with Gasteiger partial charge in [-0.25, -0.2) is 0 Å². The summed E-state index contributed by atoms with van der Waals surface area (Å²) in [6.45, 7) is 10.5. The zero-order chi connectivity index (χ0) is 17.5. The van der Waals surface area contributed by atoms with Crippen LogP contribution in [0.1, 0.15) is 77.2 Å². The molecule has 0 aliphatic carbocycles. The van der Waals surface area contributed by atoms with Gasteiger partial charge in [-0.05, 0) is 43.0 Å². The maximum atomic E-state index is 5.64. The highest BCUT2D eigenvalue weighted by Crippen LogP contribution is 2.22. The van der Waals surface area contributed by atoms with Gasteiger partial charge in [0.2, 0.25) is 0 Å². The molecule has 0 spiro atoms. The van der Waals surface area contributed by atoms with Crippen molar-refractivity contribution in [2.24, 2.45) is 0 Å². The van der Waals surface area contributed by atoms with Crippen molar-refractivity contribution in [2.75, 3.05) is 19.8 Å². The molecule has 0 saturated heterocycles. The Morgan fingerprint density at radius 3 is 2.08 bits per heavy atom. The van der Waals surface area contributed by atoms with Gasteiger partial charge in [0.1, 0.15) is 12.4 Å². The average Bonchev–Trinajstić information content (AvgIpc) is 2.61. The molecule has 1 aromatic carbocycles. The van der Waals surface area contributed by atoms with Gasteiger partial charge < -0.3 is 9.47 Å². The number of ether oxygens (including phenoxy) is 2. The minimum absolute atomic E-state index is 0.604. The lowest BCUT2D eigenvalue weighted by Gasteiger charge is -2.09. The van der Waals surface area contributed by atoms with E-state index in [4.69, 9.17) is 9.47 Å². The molecule has 0 radical (unpaired) electrons. The Kier molecular flexibility index (Phi) is 12.2. The first-order valence-electron chi connectivity index (χ1n) is 9.76. The molecule has 0 unspecified atom stereocenters. The first-order valence-corrected chi connectivity index (χ1v) is 9.76. The van der Waals surface area contributed by atoms with Crippen molar-refractivity contribution in [1.82, 2.24) is 0 Å². The Morgan fingerprint density at radius 1 is 0.833 bits per heavy atom. The van der Waals surface area contributed by atoms with Gasteiger partial charge in [-0.2, -0.15) is 0 Å². The summed E-state index contributed by atoms with van der Waals surface area (Å²) in [7, 11) is 0. The molecule has 136 valence electrons. The first kappa shape index (κ1) is 20.8. The van der Waals surface area contributed by atoms with Crippen LogP contribution in [0.25, 0.3) is 5.57 Å². The molecule has 0 atom stereocenters. The molecule has 24 heavy (non-hydrogen) atoms. The van der Waals surface area contributed by atoms with Crippen LogP contribution in [-0.4, -0.2) is 19.8 Å². The second kappa shape index (κ2) is 14.1. The SMILES string of the molecule is C=C(CCCCCCCCCC)c1ccc(OCCOCC)cc1. The molecule has 0 fully saturated rings. The number of hydrogen-bond acceptors (Lipinski definition) is 2. The molecule has 1 rings (SSSR count). The Balaban J connectivity index is 2.14. The highest BCUT2D eigenvalue weighted by molar-refractivity contribution is 5.63. The second-order valence-electron chi connectivity index (χ2n) is 6.40. The van der Waals surface area contributed by atoms with Crippen LogP contribution < -0.4 is 4.74 Å². The van der Waals surface area contributed by atoms with Gasteiger partial charge in [-0.15, -0.1) is 0 Å². The summed E-state index contributed by atoms with van der Waals surface area (Å²) in [6.07, 6.45) is 12.0. The third-order valence-electron chi connectivity index (χ3n) is 4.30.